The van der Waals surface area contributed by atoms with E-state index in [0.29, 0.717) is 0 Å². The van der Waals surface area contributed by atoms with E-state index in [1.54, 1.807) is 12.4 Å². The van der Waals surface area contributed by atoms with Crippen LogP contribution in [0.4, 0.5) is 0 Å². The van der Waals surface area contributed by atoms with Crippen LogP contribution in [0, 0.1) is 0 Å². The molecule has 0 fully saturated rings. The number of allylic oxidation sites excluding steroid dienone is 1. The molecule has 0 radical (unpaired) electrons. The molecule has 3 heteroatoms. The van der Waals surface area contributed by atoms with E-state index in [4.69, 9.17) is 4.42 Å². The van der Waals surface area contributed by atoms with Crippen molar-refractivity contribution in [3.8, 4) is 0 Å². The van der Waals surface area contributed by atoms with Gasteiger partial charge in [-0.05, 0) is 0 Å². The minimum Gasteiger partial charge on any atom is -0.447 e. The SMILES string of the molecule is C1=CN=Cc2ncoc2C1. The van der Waals surface area contributed by atoms with E-state index in [2.05, 4.69) is 9.98 Å². The fraction of sp³-hybridized carbons (Fsp3) is 0.143. The van der Waals surface area contributed by atoms with Crippen molar-refractivity contribution in [2.24, 2.45) is 4.99 Å². The van der Waals surface area contributed by atoms with Gasteiger partial charge in [-0.25, -0.2) is 4.98 Å². The second-order valence-electron chi connectivity index (χ2n) is 2.03. The van der Waals surface area contributed by atoms with Crippen molar-refractivity contribution < 1.29 is 4.42 Å². The highest BCUT2D eigenvalue weighted by molar-refractivity contribution is 5.79. The molecule has 2 rings (SSSR count). The Morgan fingerprint density at radius 3 is 3.50 bits per heavy atom. The van der Waals surface area contributed by atoms with Crippen molar-refractivity contribution in [3.05, 3.63) is 30.1 Å². The Morgan fingerprint density at radius 2 is 2.50 bits per heavy atom. The van der Waals surface area contributed by atoms with E-state index in [1.165, 1.54) is 6.39 Å². The van der Waals surface area contributed by atoms with Gasteiger partial charge in [0.2, 0.25) is 0 Å². The Morgan fingerprint density at radius 1 is 1.50 bits per heavy atom. The van der Waals surface area contributed by atoms with Gasteiger partial charge >= 0.3 is 0 Å². The van der Waals surface area contributed by atoms with E-state index < -0.39 is 0 Å². The monoisotopic (exact) mass is 134 g/mol. The molecular formula is C7H6N2O. The fourth-order valence-electron chi connectivity index (χ4n) is 0.871. The fourth-order valence-corrected chi connectivity index (χ4v) is 0.871. The first-order valence-electron chi connectivity index (χ1n) is 3.07. The summed E-state index contributed by atoms with van der Waals surface area (Å²) >= 11 is 0. The number of aromatic nitrogens is 1. The van der Waals surface area contributed by atoms with Crippen LogP contribution in [0.3, 0.4) is 0 Å². The average Bonchev–Trinajstić information content (AvgIpc) is 2.28. The normalized spacial score (nSPS) is 14.8. The first-order chi connectivity index (χ1) is 4.97. The summed E-state index contributed by atoms with van der Waals surface area (Å²) in [6.07, 6.45) is 7.61. The number of oxazole rings is 1. The van der Waals surface area contributed by atoms with Gasteiger partial charge in [0.15, 0.2) is 6.39 Å². The predicted molar refractivity (Wildman–Crippen MR) is 36.9 cm³/mol. The lowest BCUT2D eigenvalue weighted by Gasteiger charge is -1.84. The van der Waals surface area contributed by atoms with Crippen LogP contribution in [0.25, 0.3) is 0 Å². The van der Waals surface area contributed by atoms with Crippen LogP contribution >= 0.6 is 0 Å². The van der Waals surface area contributed by atoms with Gasteiger partial charge in [-0.1, -0.05) is 6.08 Å². The molecule has 1 aromatic rings. The molecule has 0 aromatic carbocycles. The first kappa shape index (κ1) is 5.41. The number of hydrogen-bond donors (Lipinski definition) is 0. The van der Waals surface area contributed by atoms with Crippen LogP contribution in [-0.2, 0) is 6.42 Å². The molecule has 0 unspecified atom stereocenters. The Balaban J connectivity index is 2.50. The van der Waals surface area contributed by atoms with Crippen molar-refractivity contribution >= 4 is 6.21 Å². The van der Waals surface area contributed by atoms with Crippen LogP contribution in [0.2, 0.25) is 0 Å². The molecule has 0 aliphatic carbocycles. The van der Waals surface area contributed by atoms with Gasteiger partial charge in [0.1, 0.15) is 11.5 Å². The van der Waals surface area contributed by atoms with E-state index in [1.807, 2.05) is 6.08 Å². The zero-order valence-corrected chi connectivity index (χ0v) is 5.32. The van der Waals surface area contributed by atoms with Crippen molar-refractivity contribution in [1.82, 2.24) is 4.98 Å². The van der Waals surface area contributed by atoms with Gasteiger partial charge in [-0.2, -0.15) is 0 Å². The summed E-state index contributed by atoms with van der Waals surface area (Å²) in [5, 5.41) is 0. The summed E-state index contributed by atoms with van der Waals surface area (Å²) in [5.41, 5.74) is 0.838. The second kappa shape index (κ2) is 2.10. The largest absolute Gasteiger partial charge is 0.447 e. The van der Waals surface area contributed by atoms with E-state index in [9.17, 15) is 0 Å². The highest BCUT2D eigenvalue weighted by Crippen LogP contribution is 2.07. The number of aliphatic imine (C=N–C) groups is 1. The topological polar surface area (TPSA) is 38.4 Å². The average molecular weight is 134 g/mol. The summed E-state index contributed by atoms with van der Waals surface area (Å²) in [6.45, 7) is 0. The van der Waals surface area contributed by atoms with Gasteiger partial charge in [-0.15, -0.1) is 0 Å². The van der Waals surface area contributed by atoms with Gasteiger partial charge in [0, 0.05) is 12.6 Å². The molecule has 1 aliphatic heterocycles. The molecular weight excluding hydrogens is 128 g/mol. The number of hydrogen-bond acceptors (Lipinski definition) is 3. The molecule has 3 nitrogen and oxygen atoms in total. The highest BCUT2D eigenvalue weighted by Gasteiger charge is 2.04. The van der Waals surface area contributed by atoms with Crippen LogP contribution in [0.1, 0.15) is 11.5 Å². The van der Waals surface area contributed by atoms with E-state index in [0.717, 1.165) is 17.9 Å². The zero-order valence-electron chi connectivity index (χ0n) is 5.32. The van der Waals surface area contributed by atoms with Crippen molar-refractivity contribution in [2.75, 3.05) is 0 Å². The predicted octanol–water partition coefficient (Wildman–Crippen LogP) is 1.16. The highest BCUT2D eigenvalue weighted by atomic mass is 16.3. The maximum atomic E-state index is 5.08. The molecule has 1 aliphatic rings. The molecule has 0 saturated heterocycles. The van der Waals surface area contributed by atoms with E-state index in [-0.39, 0.29) is 0 Å². The summed E-state index contributed by atoms with van der Waals surface area (Å²) in [7, 11) is 0. The molecule has 1 aromatic heterocycles. The lowest BCUT2D eigenvalue weighted by molar-refractivity contribution is 0.516. The van der Waals surface area contributed by atoms with Crippen molar-refractivity contribution in [2.45, 2.75) is 6.42 Å². The Kier molecular flexibility index (Phi) is 1.13. The molecule has 0 N–H and O–H groups in total. The first-order valence-corrected chi connectivity index (χ1v) is 3.07. The van der Waals surface area contributed by atoms with Gasteiger partial charge in [-0.3, -0.25) is 4.99 Å². The number of fused-ring (bicyclic) bond motifs is 1. The Labute approximate surface area is 58.1 Å². The summed E-state index contributed by atoms with van der Waals surface area (Å²) in [5.74, 6) is 0.887. The molecule has 2 heterocycles. The minimum absolute atomic E-state index is 0.787. The molecule has 0 saturated carbocycles. The number of nitrogens with zero attached hydrogens (tertiary/aromatic N) is 2. The lowest BCUT2D eigenvalue weighted by Crippen LogP contribution is -1.84. The lowest BCUT2D eigenvalue weighted by atomic mass is 10.3. The van der Waals surface area contributed by atoms with Gasteiger partial charge < -0.3 is 4.42 Å². The second-order valence-corrected chi connectivity index (χ2v) is 2.03. The molecule has 0 spiro atoms. The quantitative estimate of drug-likeness (QED) is 0.534. The Bertz CT molecular complexity index is 286. The summed E-state index contributed by atoms with van der Waals surface area (Å²) in [4.78, 5) is 7.92. The molecule has 0 amide bonds. The summed E-state index contributed by atoms with van der Waals surface area (Å²) < 4.78 is 5.08. The smallest absolute Gasteiger partial charge is 0.181 e. The number of rotatable bonds is 0. The van der Waals surface area contributed by atoms with Crippen molar-refractivity contribution in [1.29, 1.82) is 0 Å². The van der Waals surface area contributed by atoms with Crippen LogP contribution < -0.4 is 0 Å². The van der Waals surface area contributed by atoms with Crippen LogP contribution in [0.5, 0.6) is 0 Å². The summed E-state index contributed by atoms with van der Waals surface area (Å²) in [6, 6.07) is 0. The third-order valence-electron chi connectivity index (χ3n) is 1.36. The van der Waals surface area contributed by atoms with E-state index >= 15 is 0 Å². The Hall–Kier alpha value is -1.38. The van der Waals surface area contributed by atoms with Crippen LogP contribution in [-0.4, -0.2) is 11.2 Å². The van der Waals surface area contributed by atoms with Gasteiger partial charge in [0.25, 0.3) is 0 Å². The third-order valence-corrected chi connectivity index (χ3v) is 1.36. The molecule has 0 bridgehead atoms. The van der Waals surface area contributed by atoms with Gasteiger partial charge in [0.05, 0.1) is 6.21 Å². The molecule has 0 atom stereocenters. The molecule has 10 heavy (non-hydrogen) atoms. The standard InChI is InChI=1S/C7H6N2O/c1-2-7-6(4-8-3-1)9-5-10-7/h1,3-5H,2H2. The third kappa shape index (κ3) is 0.757. The van der Waals surface area contributed by atoms with Crippen LogP contribution in [0.15, 0.2) is 28.1 Å². The maximum absolute atomic E-state index is 5.08. The van der Waals surface area contributed by atoms with Crippen molar-refractivity contribution in [3.63, 3.8) is 0 Å². The molecule has 50 valence electrons. The minimum atomic E-state index is 0.787. The zero-order chi connectivity index (χ0) is 6.81. The maximum Gasteiger partial charge on any atom is 0.181 e.